The molecule has 1 heterocycles. The number of allylic oxidation sites excluding steroid dienone is 1. The lowest BCUT2D eigenvalue weighted by atomic mass is 10.2. The number of nitrogens with one attached hydrogen (secondary N) is 1. The fraction of sp³-hybridized carbons (Fsp3) is 0.545. The molecule has 0 aromatic carbocycles. The van der Waals surface area contributed by atoms with Crippen LogP contribution in [0.2, 0.25) is 5.02 Å². The average Bonchev–Trinajstić information content (AvgIpc) is 2.44. The van der Waals surface area contributed by atoms with Gasteiger partial charge < -0.3 is 5.32 Å². The molecule has 0 spiro atoms. The van der Waals surface area contributed by atoms with Gasteiger partial charge in [-0.15, -0.1) is 0 Å². The maximum absolute atomic E-state index is 6.12. The zero-order valence-electron chi connectivity index (χ0n) is 9.55. The molecule has 0 fully saturated rings. The molecule has 0 aliphatic heterocycles. The van der Waals surface area contributed by atoms with Crippen molar-refractivity contribution in [3.63, 3.8) is 0 Å². The first kappa shape index (κ1) is 12.3. The second-order valence-corrected chi connectivity index (χ2v) is 3.92. The molecule has 1 rings (SSSR count). The summed E-state index contributed by atoms with van der Waals surface area (Å²) in [5.41, 5.74) is 1.98. The van der Waals surface area contributed by atoms with Gasteiger partial charge in [0, 0.05) is 13.5 Å². The number of aryl methyl sites for hydroxylation is 2. The second-order valence-electron chi connectivity index (χ2n) is 3.54. The number of halogens is 1. The van der Waals surface area contributed by atoms with Crippen molar-refractivity contribution in [2.45, 2.75) is 19.8 Å². The Morgan fingerprint density at radius 2 is 2.20 bits per heavy atom. The van der Waals surface area contributed by atoms with Crippen LogP contribution in [-0.4, -0.2) is 23.4 Å². The van der Waals surface area contributed by atoms with E-state index in [1.807, 2.05) is 25.7 Å². The van der Waals surface area contributed by atoms with Crippen LogP contribution >= 0.6 is 11.6 Å². The summed E-state index contributed by atoms with van der Waals surface area (Å²) in [6.45, 7) is 2.94. The highest BCUT2D eigenvalue weighted by Gasteiger charge is 2.08. The maximum atomic E-state index is 6.12. The first-order valence-electron chi connectivity index (χ1n) is 5.14. The van der Waals surface area contributed by atoms with E-state index in [4.69, 9.17) is 11.6 Å². The van der Waals surface area contributed by atoms with Gasteiger partial charge in [0.1, 0.15) is 0 Å². The minimum Gasteiger partial charge on any atom is -0.319 e. The molecular weight excluding hydrogens is 210 g/mol. The van der Waals surface area contributed by atoms with Gasteiger partial charge in [0.25, 0.3) is 0 Å². The molecule has 0 atom stereocenters. The van der Waals surface area contributed by atoms with Crippen molar-refractivity contribution >= 4 is 11.6 Å². The SMILES string of the molecule is CNCCC=CCc1c(Cl)c(C)nn1C. The standard InChI is InChI=1S/C11H18ClN3/c1-9-11(12)10(15(3)14-9)7-5-4-6-8-13-2/h4-5,13H,6-8H2,1-3H3. The van der Waals surface area contributed by atoms with Crippen molar-refractivity contribution in [2.75, 3.05) is 13.6 Å². The lowest BCUT2D eigenvalue weighted by Crippen LogP contribution is -2.05. The van der Waals surface area contributed by atoms with Gasteiger partial charge in [-0.2, -0.15) is 5.10 Å². The van der Waals surface area contributed by atoms with E-state index < -0.39 is 0 Å². The van der Waals surface area contributed by atoms with Crippen LogP contribution in [0.5, 0.6) is 0 Å². The lowest BCUT2D eigenvalue weighted by Gasteiger charge is -1.98. The molecule has 84 valence electrons. The molecule has 4 heteroatoms. The predicted molar refractivity (Wildman–Crippen MR) is 64.3 cm³/mol. The number of aromatic nitrogens is 2. The largest absolute Gasteiger partial charge is 0.319 e. The number of nitrogens with zero attached hydrogens (tertiary/aromatic N) is 2. The van der Waals surface area contributed by atoms with E-state index in [1.165, 1.54) is 0 Å². The summed E-state index contributed by atoms with van der Waals surface area (Å²) in [6, 6.07) is 0. The van der Waals surface area contributed by atoms with Crippen LogP contribution in [0.4, 0.5) is 0 Å². The second kappa shape index (κ2) is 5.93. The summed E-state index contributed by atoms with van der Waals surface area (Å²) in [5.74, 6) is 0. The van der Waals surface area contributed by atoms with Gasteiger partial charge in [0.05, 0.1) is 16.4 Å². The van der Waals surface area contributed by atoms with E-state index in [-0.39, 0.29) is 0 Å². The van der Waals surface area contributed by atoms with Gasteiger partial charge in [-0.3, -0.25) is 4.68 Å². The fourth-order valence-electron chi connectivity index (χ4n) is 1.44. The van der Waals surface area contributed by atoms with Crippen molar-refractivity contribution in [2.24, 2.45) is 7.05 Å². The summed E-state index contributed by atoms with van der Waals surface area (Å²) < 4.78 is 1.85. The Hall–Kier alpha value is -0.800. The van der Waals surface area contributed by atoms with Crippen LogP contribution in [0.1, 0.15) is 17.8 Å². The van der Waals surface area contributed by atoms with Gasteiger partial charge in [-0.1, -0.05) is 23.8 Å². The molecule has 0 radical (unpaired) electrons. The lowest BCUT2D eigenvalue weighted by molar-refractivity contribution is 0.719. The van der Waals surface area contributed by atoms with Gasteiger partial charge in [-0.05, 0) is 26.9 Å². The number of hydrogen-bond acceptors (Lipinski definition) is 2. The molecule has 0 aliphatic rings. The number of rotatable bonds is 5. The van der Waals surface area contributed by atoms with Gasteiger partial charge in [0.15, 0.2) is 0 Å². The third-order valence-corrected chi connectivity index (χ3v) is 2.79. The van der Waals surface area contributed by atoms with Gasteiger partial charge in [-0.25, -0.2) is 0 Å². The van der Waals surface area contributed by atoms with Crippen molar-refractivity contribution in [3.05, 3.63) is 28.6 Å². The van der Waals surface area contributed by atoms with Crippen LogP contribution < -0.4 is 5.32 Å². The monoisotopic (exact) mass is 227 g/mol. The summed E-state index contributed by atoms with van der Waals surface area (Å²) in [4.78, 5) is 0. The molecule has 0 amide bonds. The zero-order valence-corrected chi connectivity index (χ0v) is 10.3. The Labute approximate surface area is 96.1 Å². The summed E-state index contributed by atoms with van der Waals surface area (Å²) in [7, 11) is 3.88. The molecule has 15 heavy (non-hydrogen) atoms. The minimum atomic E-state index is 0.788. The van der Waals surface area contributed by atoms with Crippen LogP contribution in [0.25, 0.3) is 0 Å². The van der Waals surface area contributed by atoms with Crippen LogP contribution in [0.15, 0.2) is 12.2 Å². The molecule has 0 unspecified atom stereocenters. The Morgan fingerprint density at radius 3 is 2.73 bits per heavy atom. The fourth-order valence-corrected chi connectivity index (χ4v) is 1.68. The summed E-state index contributed by atoms with van der Waals surface area (Å²) >= 11 is 6.12. The third kappa shape index (κ3) is 3.36. The van der Waals surface area contributed by atoms with E-state index in [9.17, 15) is 0 Å². The van der Waals surface area contributed by atoms with E-state index in [0.29, 0.717) is 0 Å². The molecule has 1 aromatic heterocycles. The van der Waals surface area contributed by atoms with Crippen molar-refractivity contribution in [1.29, 1.82) is 0 Å². The number of hydrogen-bond donors (Lipinski definition) is 1. The summed E-state index contributed by atoms with van der Waals surface area (Å²) in [6.07, 6.45) is 6.19. The van der Waals surface area contributed by atoms with Crippen LogP contribution in [0, 0.1) is 6.92 Å². The maximum Gasteiger partial charge on any atom is 0.0850 e. The average molecular weight is 228 g/mol. The van der Waals surface area contributed by atoms with E-state index in [1.54, 1.807) is 0 Å². The van der Waals surface area contributed by atoms with Gasteiger partial charge in [0.2, 0.25) is 0 Å². The molecule has 0 saturated carbocycles. The third-order valence-electron chi connectivity index (χ3n) is 2.30. The van der Waals surface area contributed by atoms with Crippen LogP contribution in [-0.2, 0) is 13.5 Å². The van der Waals surface area contributed by atoms with Crippen molar-refractivity contribution in [3.8, 4) is 0 Å². The van der Waals surface area contributed by atoms with E-state index in [0.717, 1.165) is 35.8 Å². The molecule has 1 aromatic rings. The predicted octanol–water partition coefficient (Wildman–Crippen LogP) is 2.09. The Morgan fingerprint density at radius 1 is 1.47 bits per heavy atom. The first-order chi connectivity index (χ1) is 7.16. The zero-order chi connectivity index (χ0) is 11.3. The summed E-state index contributed by atoms with van der Waals surface area (Å²) in [5, 5.41) is 8.15. The van der Waals surface area contributed by atoms with E-state index in [2.05, 4.69) is 22.6 Å². The molecule has 0 bridgehead atoms. The minimum absolute atomic E-state index is 0.788. The Bertz CT molecular complexity index is 342. The topological polar surface area (TPSA) is 29.9 Å². The Balaban J connectivity index is 2.53. The van der Waals surface area contributed by atoms with Crippen molar-refractivity contribution < 1.29 is 0 Å². The highest BCUT2D eigenvalue weighted by molar-refractivity contribution is 6.31. The van der Waals surface area contributed by atoms with Crippen LogP contribution in [0.3, 0.4) is 0 Å². The smallest absolute Gasteiger partial charge is 0.0850 e. The van der Waals surface area contributed by atoms with E-state index >= 15 is 0 Å². The highest BCUT2D eigenvalue weighted by Crippen LogP contribution is 2.19. The Kier molecular flexibility index (Phi) is 4.85. The normalized spacial score (nSPS) is 11.5. The first-order valence-corrected chi connectivity index (χ1v) is 5.52. The highest BCUT2D eigenvalue weighted by atomic mass is 35.5. The molecule has 1 N–H and O–H groups in total. The molecule has 3 nitrogen and oxygen atoms in total. The van der Waals surface area contributed by atoms with Gasteiger partial charge >= 0.3 is 0 Å². The van der Waals surface area contributed by atoms with Crippen molar-refractivity contribution in [1.82, 2.24) is 15.1 Å². The quantitative estimate of drug-likeness (QED) is 0.617. The molecular formula is C11H18ClN3. The molecule has 0 aliphatic carbocycles. The molecule has 0 saturated heterocycles.